The summed E-state index contributed by atoms with van der Waals surface area (Å²) in [5.41, 5.74) is 0. The highest BCUT2D eigenvalue weighted by atomic mass is 14.0. The summed E-state index contributed by atoms with van der Waals surface area (Å²) in [6, 6.07) is 12.4. The summed E-state index contributed by atoms with van der Waals surface area (Å²) in [7, 11) is 0. The van der Waals surface area contributed by atoms with Crippen molar-refractivity contribution in [1.82, 2.24) is 0 Å². The van der Waals surface area contributed by atoms with Gasteiger partial charge in [0.15, 0.2) is 0 Å². The van der Waals surface area contributed by atoms with E-state index in [0.717, 1.165) is 10.4 Å². The third kappa shape index (κ3) is 1.35. The highest BCUT2D eigenvalue weighted by molar-refractivity contribution is 5.84. The molecule has 0 aliphatic carbocycles. The molecule has 0 aromatic heterocycles. The predicted octanol–water partition coefficient (Wildman–Crippen LogP) is 2.22. The van der Waals surface area contributed by atoms with Gasteiger partial charge in [-0.3, -0.25) is 0 Å². The molecule has 0 nitrogen and oxygen atoms in total. The zero-order chi connectivity index (χ0) is 9.97. The number of allylic oxidation sites excluding steroid dienone is 1. The Kier molecular flexibility index (Phi) is 2.19. The van der Waals surface area contributed by atoms with Gasteiger partial charge in [0.05, 0.1) is 0 Å². The average Bonchev–Trinajstić information content (AvgIpc) is 2.23. The van der Waals surface area contributed by atoms with Gasteiger partial charge in [0, 0.05) is 0 Å². The maximum Gasteiger partial charge on any atom is -0.0106 e. The molecule has 0 aliphatic heterocycles. The lowest BCUT2D eigenvalue weighted by Gasteiger charge is -1.98. The molecule has 2 aromatic rings. The van der Waals surface area contributed by atoms with Crippen LogP contribution >= 0.6 is 0 Å². The Morgan fingerprint density at radius 2 is 1.79 bits per heavy atom. The lowest BCUT2D eigenvalue weighted by Crippen LogP contribution is -2.22. The van der Waals surface area contributed by atoms with E-state index in [1.54, 1.807) is 6.08 Å². The summed E-state index contributed by atoms with van der Waals surface area (Å²) < 4.78 is 0. The van der Waals surface area contributed by atoms with Crippen molar-refractivity contribution >= 4 is 23.4 Å². The summed E-state index contributed by atoms with van der Waals surface area (Å²) in [4.78, 5) is 0. The summed E-state index contributed by atoms with van der Waals surface area (Å²) in [5, 5.41) is 4.69. The molecule has 0 N–H and O–H groups in total. The second-order valence-corrected chi connectivity index (χ2v) is 3.26. The fourth-order valence-corrected chi connectivity index (χ4v) is 1.66. The molecule has 0 amide bonds. The maximum atomic E-state index is 4.01. The van der Waals surface area contributed by atoms with Gasteiger partial charge in [-0.15, -0.1) is 0 Å². The molecule has 0 heterocycles. The van der Waals surface area contributed by atoms with Crippen molar-refractivity contribution in [2.24, 2.45) is 0 Å². The van der Waals surface area contributed by atoms with Crippen LogP contribution in [0.5, 0.6) is 0 Å². The molecule has 2 aromatic carbocycles. The molecule has 0 spiro atoms. The van der Waals surface area contributed by atoms with E-state index in [4.69, 9.17) is 0 Å². The average molecular weight is 180 g/mol. The molecule has 0 saturated carbocycles. The first-order chi connectivity index (χ1) is 6.83. The van der Waals surface area contributed by atoms with E-state index in [1.165, 1.54) is 10.8 Å². The summed E-state index contributed by atoms with van der Waals surface area (Å²) in [6.45, 7) is 7.73. The van der Waals surface area contributed by atoms with Crippen LogP contribution < -0.4 is 10.4 Å². The van der Waals surface area contributed by atoms with Crippen molar-refractivity contribution in [3.05, 3.63) is 59.5 Å². The highest BCUT2D eigenvalue weighted by Crippen LogP contribution is 2.06. The van der Waals surface area contributed by atoms with E-state index in [1.807, 2.05) is 24.3 Å². The van der Waals surface area contributed by atoms with Crippen molar-refractivity contribution in [1.29, 1.82) is 0 Å². The first-order valence-corrected chi connectivity index (χ1v) is 4.62. The number of fused-ring (bicyclic) bond motifs is 1. The van der Waals surface area contributed by atoms with E-state index in [-0.39, 0.29) is 0 Å². The van der Waals surface area contributed by atoms with Crippen LogP contribution in [0.4, 0.5) is 0 Å². The van der Waals surface area contributed by atoms with E-state index in [0.29, 0.717) is 0 Å². The van der Waals surface area contributed by atoms with Gasteiger partial charge in [0.25, 0.3) is 0 Å². The Morgan fingerprint density at radius 3 is 2.57 bits per heavy atom. The zero-order valence-electron chi connectivity index (χ0n) is 8.03. The van der Waals surface area contributed by atoms with Crippen LogP contribution in [0.1, 0.15) is 0 Å². The second kappa shape index (κ2) is 3.51. The molecule has 0 aliphatic rings. The quantitative estimate of drug-likeness (QED) is 0.631. The predicted molar refractivity (Wildman–Crippen MR) is 63.4 cm³/mol. The number of rotatable bonds is 1. The Morgan fingerprint density at radius 1 is 1.00 bits per heavy atom. The van der Waals surface area contributed by atoms with E-state index in [2.05, 4.69) is 31.4 Å². The fourth-order valence-electron chi connectivity index (χ4n) is 1.66. The van der Waals surface area contributed by atoms with Crippen LogP contribution in [0.25, 0.3) is 23.4 Å². The van der Waals surface area contributed by atoms with Gasteiger partial charge in [-0.2, -0.15) is 0 Å². The lowest BCUT2D eigenvalue weighted by atomic mass is 10.1. The fraction of sp³-hybridized carbons (Fsp3) is 0. The molecule has 2 rings (SSSR count). The Hall–Kier alpha value is -1.82. The van der Waals surface area contributed by atoms with Gasteiger partial charge in [-0.05, 0) is 21.2 Å². The largest absolute Gasteiger partial charge is 0.0990 e. The van der Waals surface area contributed by atoms with Crippen LogP contribution in [-0.4, -0.2) is 0 Å². The van der Waals surface area contributed by atoms with Gasteiger partial charge >= 0.3 is 0 Å². The van der Waals surface area contributed by atoms with Crippen molar-refractivity contribution in [3.8, 4) is 0 Å². The molecule has 0 saturated heterocycles. The Bertz CT molecular complexity index is 577. The molecule has 0 bridgehead atoms. The Labute approximate surface area is 83.5 Å². The summed E-state index contributed by atoms with van der Waals surface area (Å²) in [6.07, 6.45) is 3.81. The normalized spacial score (nSPS) is 11.9. The highest BCUT2D eigenvalue weighted by Gasteiger charge is 1.92. The molecule has 0 atom stereocenters. The maximum absolute atomic E-state index is 4.01. The SMILES string of the molecule is C=C/C=c1\c(=C)ccc2ccccc12. The smallest absolute Gasteiger partial charge is 0.0106 e. The van der Waals surface area contributed by atoms with Crippen LogP contribution in [0.15, 0.2) is 49.1 Å². The molecule has 0 radical (unpaired) electrons. The van der Waals surface area contributed by atoms with Gasteiger partial charge in [-0.25, -0.2) is 0 Å². The van der Waals surface area contributed by atoms with Gasteiger partial charge in [-0.1, -0.05) is 61.7 Å². The van der Waals surface area contributed by atoms with Crippen molar-refractivity contribution in [3.63, 3.8) is 0 Å². The zero-order valence-corrected chi connectivity index (χ0v) is 8.03. The van der Waals surface area contributed by atoms with Crippen LogP contribution in [0.2, 0.25) is 0 Å². The second-order valence-electron chi connectivity index (χ2n) is 3.26. The molecule has 0 heteroatoms. The molecular formula is C14H12. The minimum absolute atomic E-state index is 1.05. The van der Waals surface area contributed by atoms with Gasteiger partial charge < -0.3 is 0 Å². The number of benzene rings is 2. The topological polar surface area (TPSA) is 0 Å². The number of hydrogen-bond donors (Lipinski definition) is 0. The van der Waals surface area contributed by atoms with Crippen LogP contribution in [-0.2, 0) is 0 Å². The van der Waals surface area contributed by atoms with Crippen molar-refractivity contribution in [2.45, 2.75) is 0 Å². The van der Waals surface area contributed by atoms with Crippen LogP contribution in [0.3, 0.4) is 0 Å². The number of hydrogen-bond acceptors (Lipinski definition) is 0. The third-order valence-corrected chi connectivity index (χ3v) is 2.35. The lowest BCUT2D eigenvalue weighted by molar-refractivity contribution is 1.60. The first-order valence-electron chi connectivity index (χ1n) is 4.62. The van der Waals surface area contributed by atoms with E-state index < -0.39 is 0 Å². The van der Waals surface area contributed by atoms with Gasteiger partial charge in [0.2, 0.25) is 0 Å². The minimum atomic E-state index is 1.05. The third-order valence-electron chi connectivity index (χ3n) is 2.35. The molecule has 0 fully saturated rings. The minimum Gasteiger partial charge on any atom is -0.0990 e. The molecule has 68 valence electrons. The monoisotopic (exact) mass is 180 g/mol. The molecule has 14 heavy (non-hydrogen) atoms. The first kappa shape index (κ1) is 8.76. The summed E-state index contributed by atoms with van der Waals surface area (Å²) >= 11 is 0. The Balaban J connectivity index is 3.05. The summed E-state index contributed by atoms with van der Waals surface area (Å²) in [5.74, 6) is 0. The molecule has 0 unspecified atom stereocenters. The molecular weight excluding hydrogens is 168 g/mol. The van der Waals surface area contributed by atoms with Crippen molar-refractivity contribution in [2.75, 3.05) is 0 Å². The van der Waals surface area contributed by atoms with Gasteiger partial charge in [0.1, 0.15) is 0 Å². The standard InChI is InChI=1S/C14H12/c1-3-6-13-11(2)9-10-12-7-4-5-8-14(12)13/h3-10H,1-2H2/b13-6+. The van der Waals surface area contributed by atoms with E-state index in [9.17, 15) is 0 Å². The van der Waals surface area contributed by atoms with Crippen molar-refractivity contribution < 1.29 is 0 Å². The van der Waals surface area contributed by atoms with E-state index >= 15 is 0 Å². The van der Waals surface area contributed by atoms with Crippen LogP contribution in [0, 0.1) is 0 Å².